The second-order valence-corrected chi connectivity index (χ2v) is 3.56. The number of Topliss-reactive ketones (excluding diaryl/α,β-unsaturated/α-hetero) is 1. The van der Waals surface area contributed by atoms with Gasteiger partial charge in [-0.15, -0.1) is 5.10 Å². The van der Waals surface area contributed by atoms with Gasteiger partial charge in [-0.05, 0) is 19.1 Å². The number of para-hydroxylation sites is 1. The van der Waals surface area contributed by atoms with Crippen LogP contribution in [0.1, 0.15) is 13.0 Å². The van der Waals surface area contributed by atoms with Gasteiger partial charge in [-0.1, -0.05) is 17.3 Å². The van der Waals surface area contributed by atoms with Crippen LogP contribution in [-0.2, 0) is 14.3 Å². The van der Waals surface area contributed by atoms with Crippen molar-refractivity contribution in [1.82, 2.24) is 15.0 Å². The number of ketones is 1. The van der Waals surface area contributed by atoms with Crippen LogP contribution in [0.2, 0.25) is 0 Å². The number of methoxy groups -OCH3 is 1. The van der Waals surface area contributed by atoms with Gasteiger partial charge in [0.25, 0.3) is 0 Å². The van der Waals surface area contributed by atoms with Gasteiger partial charge >= 0.3 is 5.97 Å². The lowest BCUT2D eigenvalue weighted by Gasteiger charge is -2.11. The van der Waals surface area contributed by atoms with E-state index in [1.54, 1.807) is 18.2 Å². The number of hydrogen-bond acceptors (Lipinski definition) is 5. The normalized spacial score (nSPS) is 12.4. The number of esters is 1. The fraction of sp³-hybridized carbons (Fsp3) is 0.273. The third-order valence-electron chi connectivity index (χ3n) is 2.43. The molecule has 88 valence electrons. The molecule has 0 aliphatic heterocycles. The van der Waals surface area contributed by atoms with Crippen LogP contribution in [0.15, 0.2) is 24.3 Å². The molecular formula is C11H11N3O3. The first kappa shape index (κ1) is 11.3. The van der Waals surface area contributed by atoms with Crippen LogP contribution in [0.5, 0.6) is 0 Å². The van der Waals surface area contributed by atoms with Gasteiger partial charge < -0.3 is 4.74 Å². The molecule has 1 heterocycles. The van der Waals surface area contributed by atoms with Crippen LogP contribution in [0.25, 0.3) is 11.0 Å². The standard InChI is InChI=1S/C11H11N3O3/c1-7(15)10(11(16)17-2)14-9-6-4-3-5-8(9)12-13-14/h3-6,10H,1-2H3. The number of carbonyl (C=O) groups excluding carboxylic acids is 2. The van der Waals surface area contributed by atoms with Gasteiger partial charge in [0.05, 0.1) is 12.6 Å². The molecule has 0 aliphatic rings. The average Bonchev–Trinajstić information content (AvgIpc) is 2.73. The molecule has 0 saturated carbocycles. The topological polar surface area (TPSA) is 74.1 Å². The van der Waals surface area contributed by atoms with Crippen molar-refractivity contribution < 1.29 is 14.3 Å². The monoisotopic (exact) mass is 233 g/mol. The van der Waals surface area contributed by atoms with E-state index in [1.807, 2.05) is 6.07 Å². The molecule has 6 heteroatoms. The van der Waals surface area contributed by atoms with Crippen molar-refractivity contribution in [1.29, 1.82) is 0 Å². The second kappa shape index (κ2) is 4.32. The van der Waals surface area contributed by atoms with E-state index < -0.39 is 12.0 Å². The summed E-state index contributed by atoms with van der Waals surface area (Å²) < 4.78 is 5.88. The molecule has 0 bridgehead atoms. The van der Waals surface area contributed by atoms with Crippen LogP contribution in [0, 0.1) is 0 Å². The molecule has 0 spiro atoms. The van der Waals surface area contributed by atoms with E-state index in [9.17, 15) is 9.59 Å². The van der Waals surface area contributed by atoms with Crippen molar-refractivity contribution in [3.05, 3.63) is 24.3 Å². The summed E-state index contributed by atoms with van der Waals surface area (Å²) in [7, 11) is 1.23. The van der Waals surface area contributed by atoms with Crippen molar-refractivity contribution in [2.75, 3.05) is 7.11 Å². The third kappa shape index (κ3) is 1.89. The Morgan fingerprint density at radius 2 is 2.06 bits per heavy atom. The van der Waals surface area contributed by atoms with E-state index in [-0.39, 0.29) is 5.78 Å². The van der Waals surface area contributed by atoms with E-state index in [0.29, 0.717) is 11.0 Å². The van der Waals surface area contributed by atoms with Gasteiger partial charge in [0.2, 0.25) is 6.04 Å². The number of benzene rings is 1. The maximum atomic E-state index is 11.6. The van der Waals surface area contributed by atoms with Crippen molar-refractivity contribution in [3.63, 3.8) is 0 Å². The molecule has 0 fully saturated rings. The summed E-state index contributed by atoms with van der Waals surface area (Å²) in [5, 5.41) is 7.72. The fourth-order valence-corrected chi connectivity index (χ4v) is 1.63. The minimum absolute atomic E-state index is 0.340. The Morgan fingerprint density at radius 1 is 1.35 bits per heavy atom. The zero-order valence-corrected chi connectivity index (χ0v) is 9.45. The lowest BCUT2D eigenvalue weighted by Crippen LogP contribution is -2.28. The Kier molecular flexibility index (Phi) is 2.86. The van der Waals surface area contributed by atoms with Crippen molar-refractivity contribution in [3.8, 4) is 0 Å². The quantitative estimate of drug-likeness (QED) is 0.577. The highest BCUT2D eigenvalue weighted by atomic mass is 16.5. The molecule has 0 radical (unpaired) electrons. The molecule has 0 N–H and O–H groups in total. The number of carbonyl (C=O) groups is 2. The van der Waals surface area contributed by atoms with Gasteiger partial charge in [0.15, 0.2) is 5.78 Å². The summed E-state index contributed by atoms with van der Waals surface area (Å²) in [6.07, 6.45) is 0. The maximum absolute atomic E-state index is 11.6. The van der Waals surface area contributed by atoms with E-state index in [2.05, 4.69) is 15.0 Å². The van der Waals surface area contributed by atoms with E-state index >= 15 is 0 Å². The second-order valence-electron chi connectivity index (χ2n) is 3.56. The van der Waals surface area contributed by atoms with Gasteiger partial charge in [-0.25, -0.2) is 9.48 Å². The fourth-order valence-electron chi connectivity index (χ4n) is 1.63. The first-order valence-electron chi connectivity index (χ1n) is 5.03. The van der Waals surface area contributed by atoms with Crippen molar-refractivity contribution in [2.24, 2.45) is 0 Å². The number of ether oxygens (including phenoxy) is 1. The molecule has 2 rings (SSSR count). The molecule has 0 amide bonds. The number of aromatic nitrogens is 3. The minimum atomic E-state index is -1.08. The maximum Gasteiger partial charge on any atom is 0.338 e. The summed E-state index contributed by atoms with van der Waals surface area (Å²) in [4.78, 5) is 23.1. The SMILES string of the molecule is COC(=O)C(C(C)=O)n1nnc2ccccc21. The van der Waals surface area contributed by atoms with Crippen LogP contribution >= 0.6 is 0 Å². The molecule has 0 aliphatic carbocycles. The van der Waals surface area contributed by atoms with E-state index in [1.165, 1.54) is 18.7 Å². The molecule has 2 aromatic rings. The molecule has 1 aromatic heterocycles. The summed E-state index contributed by atoms with van der Waals surface area (Å²) in [6.45, 7) is 1.32. The Hall–Kier alpha value is -2.24. The van der Waals surface area contributed by atoms with Gasteiger partial charge in [0.1, 0.15) is 5.52 Å². The first-order valence-corrected chi connectivity index (χ1v) is 5.03. The number of rotatable bonds is 3. The number of fused-ring (bicyclic) bond motifs is 1. The van der Waals surface area contributed by atoms with Gasteiger partial charge in [-0.2, -0.15) is 0 Å². The highest BCUT2D eigenvalue weighted by molar-refractivity contribution is 6.00. The van der Waals surface area contributed by atoms with Gasteiger partial charge in [0, 0.05) is 0 Å². The van der Waals surface area contributed by atoms with Crippen LogP contribution in [0.3, 0.4) is 0 Å². The zero-order valence-electron chi connectivity index (χ0n) is 9.45. The molecule has 6 nitrogen and oxygen atoms in total. The minimum Gasteiger partial charge on any atom is -0.467 e. The molecule has 1 unspecified atom stereocenters. The summed E-state index contributed by atoms with van der Waals surface area (Å²) in [5.41, 5.74) is 1.25. The Labute approximate surface area is 97.2 Å². The molecule has 1 aromatic carbocycles. The predicted octanol–water partition coefficient (Wildman–Crippen LogP) is 0.734. The largest absolute Gasteiger partial charge is 0.467 e. The molecule has 1 atom stereocenters. The lowest BCUT2D eigenvalue weighted by atomic mass is 10.2. The smallest absolute Gasteiger partial charge is 0.338 e. The summed E-state index contributed by atoms with van der Waals surface area (Å²) in [5.74, 6) is -0.986. The summed E-state index contributed by atoms with van der Waals surface area (Å²) in [6, 6.07) is 6.02. The van der Waals surface area contributed by atoms with E-state index in [4.69, 9.17) is 0 Å². The summed E-state index contributed by atoms with van der Waals surface area (Å²) >= 11 is 0. The highest BCUT2D eigenvalue weighted by Gasteiger charge is 2.28. The Morgan fingerprint density at radius 3 is 2.71 bits per heavy atom. The van der Waals surface area contributed by atoms with Crippen LogP contribution in [-0.4, -0.2) is 33.9 Å². The van der Waals surface area contributed by atoms with Gasteiger partial charge in [-0.3, -0.25) is 4.79 Å². The molecule has 0 saturated heterocycles. The Balaban J connectivity index is 2.57. The zero-order chi connectivity index (χ0) is 12.4. The first-order chi connectivity index (χ1) is 8.15. The Bertz CT molecular complexity index is 576. The van der Waals surface area contributed by atoms with Crippen molar-refractivity contribution >= 4 is 22.8 Å². The van der Waals surface area contributed by atoms with Crippen LogP contribution in [0.4, 0.5) is 0 Å². The highest BCUT2D eigenvalue weighted by Crippen LogP contribution is 2.17. The van der Waals surface area contributed by atoms with Crippen LogP contribution < -0.4 is 0 Å². The number of nitrogens with zero attached hydrogens (tertiary/aromatic N) is 3. The number of hydrogen-bond donors (Lipinski definition) is 0. The van der Waals surface area contributed by atoms with Crippen molar-refractivity contribution in [2.45, 2.75) is 13.0 Å². The third-order valence-corrected chi connectivity index (χ3v) is 2.43. The molecular weight excluding hydrogens is 222 g/mol. The van der Waals surface area contributed by atoms with E-state index in [0.717, 1.165) is 0 Å². The molecule has 17 heavy (non-hydrogen) atoms. The predicted molar refractivity (Wildman–Crippen MR) is 59.3 cm³/mol. The average molecular weight is 233 g/mol. The lowest BCUT2D eigenvalue weighted by molar-refractivity contribution is -0.148.